The Bertz CT molecular complexity index is 342. The molecule has 2 unspecified atom stereocenters. The fourth-order valence-electron chi connectivity index (χ4n) is 1.93. The van der Waals surface area contributed by atoms with Gasteiger partial charge in [0.05, 0.1) is 0 Å². The van der Waals surface area contributed by atoms with E-state index in [1.165, 1.54) is 0 Å². The smallest absolute Gasteiger partial charge is 0.0468 e. The lowest BCUT2D eigenvalue weighted by Gasteiger charge is -2.24. The molecule has 0 amide bonds. The second-order valence-corrected chi connectivity index (χ2v) is 4.83. The molecule has 0 aliphatic carbocycles. The topological polar surface area (TPSA) is 38.0 Å². The van der Waals surface area contributed by atoms with E-state index in [0.717, 1.165) is 12.0 Å². The Morgan fingerprint density at radius 1 is 1.38 bits per heavy atom. The number of nitrogens with two attached hydrogens (primary N) is 1. The van der Waals surface area contributed by atoms with E-state index in [0.29, 0.717) is 22.5 Å². The highest BCUT2D eigenvalue weighted by molar-refractivity contribution is 6.35. The maximum absolute atomic E-state index is 6.19. The zero-order valence-electron chi connectivity index (χ0n) is 9.63. The SMILES string of the molecule is CNC(c1ccc(Cl)cc1Cl)C(C)CCN. The molecule has 2 atom stereocenters. The molecule has 0 spiro atoms. The molecule has 90 valence electrons. The van der Waals surface area contributed by atoms with Gasteiger partial charge in [-0.1, -0.05) is 36.2 Å². The Balaban J connectivity index is 2.94. The quantitative estimate of drug-likeness (QED) is 0.853. The fraction of sp³-hybridized carbons (Fsp3) is 0.500. The predicted octanol–water partition coefficient (Wildman–Crippen LogP) is 3.24. The summed E-state index contributed by atoms with van der Waals surface area (Å²) in [5.41, 5.74) is 6.66. The monoisotopic (exact) mass is 260 g/mol. The van der Waals surface area contributed by atoms with Crippen molar-refractivity contribution >= 4 is 23.2 Å². The summed E-state index contributed by atoms with van der Waals surface area (Å²) in [4.78, 5) is 0. The van der Waals surface area contributed by atoms with Gasteiger partial charge in [0, 0.05) is 16.1 Å². The molecular formula is C12H18Cl2N2. The molecule has 1 aromatic carbocycles. The van der Waals surface area contributed by atoms with Crippen LogP contribution in [0.3, 0.4) is 0 Å². The first-order chi connectivity index (χ1) is 7.60. The van der Waals surface area contributed by atoms with Gasteiger partial charge in [0.15, 0.2) is 0 Å². The van der Waals surface area contributed by atoms with Crippen molar-refractivity contribution in [3.05, 3.63) is 33.8 Å². The summed E-state index contributed by atoms with van der Waals surface area (Å²) in [6, 6.07) is 5.83. The van der Waals surface area contributed by atoms with Crippen molar-refractivity contribution in [3.8, 4) is 0 Å². The Labute approximate surface area is 107 Å². The van der Waals surface area contributed by atoms with Crippen molar-refractivity contribution in [2.75, 3.05) is 13.6 Å². The third kappa shape index (κ3) is 3.36. The van der Waals surface area contributed by atoms with Crippen molar-refractivity contribution in [2.45, 2.75) is 19.4 Å². The third-order valence-corrected chi connectivity index (χ3v) is 3.36. The summed E-state index contributed by atoms with van der Waals surface area (Å²) in [6.07, 6.45) is 0.963. The lowest BCUT2D eigenvalue weighted by atomic mass is 9.92. The Hall–Kier alpha value is -0.280. The largest absolute Gasteiger partial charge is 0.330 e. The average Bonchev–Trinajstić information content (AvgIpc) is 2.22. The van der Waals surface area contributed by atoms with E-state index in [2.05, 4.69) is 12.2 Å². The minimum absolute atomic E-state index is 0.216. The first kappa shape index (κ1) is 13.8. The zero-order valence-corrected chi connectivity index (χ0v) is 11.1. The van der Waals surface area contributed by atoms with Crippen LogP contribution in [0.15, 0.2) is 18.2 Å². The molecule has 2 nitrogen and oxygen atoms in total. The van der Waals surface area contributed by atoms with Gasteiger partial charge in [-0.05, 0) is 43.6 Å². The molecule has 0 saturated heterocycles. The zero-order chi connectivity index (χ0) is 12.1. The van der Waals surface area contributed by atoms with Gasteiger partial charge in [0.2, 0.25) is 0 Å². The van der Waals surface area contributed by atoms with Crippen LogP contribution in [0.1, 0.15) is 24.9 Å². The van der Waals surface area contributed by atoms with Crippen LogP contribution >= 0.6 is 23.2 Å². The lowest BCUT2D eigenvalue weighted by molar-refractivity contribution is 0.392. The summed E-state index contributed by atoms with van der Waals surface area (Å²) in [5.74, 6) is 0.439. The van der Waals surface area contributed by atoms with Gasteiger partial charge in [0.25, 0.3) is 0 Å². The van der Waals surface area contributed by atoms with Gasteiger partial charge in [-0.25, -0.2) is 0 Å². The Morgan fingerprint density at radius 3 is 2.56 bits per heavy atom. The van der Waals surface area contributed by atoms with Gasteiger partial charge >= 0.3 is 0 Å². The van der Waals surface area contributed by atoms with E-state index < -0.39 is 0 Å². The van der Waals surface area contributed by atoms with Crippen LogP contribution in [0, 0.1) is 5.92 Å². The molecule has 0 aliphatic rings. The summed E-state index contributed by atoms with van der Waals surface area (Å²) in [7, 11) is 1.93. The highest BCUT2D eigenvalue weighted by Crippen LogP contribution is 2.31. The standard InChI is InChI=1S/C12H18Cl2N2/c1-8(5-6-15)12(16-2)10-4-3-9(13)7-11(10)14/h3-4,7-8,12,16H,5-6,15H2,1-2H3. The van der Waals surface area contributed by atoms with E-state index in [-0.39, 0.29) is 6.04 Å². The molecule has 0 radical (unpaired) electrons. The van der Waals surface area contributed by atoms with Crippen LogP contribution in [0.5, 0.6) is 0 Å². The molecular weight excluding hydrogens is 243 g/mol. The molecule has 0 fully saturated rings. The first-order valence-corrected chi connectivity index (χ1v) is 6.18. The third-order valence-electron chi connectivity index (χ3n) is 2.80. The normalized spacial score (nSPS) is 14.8. The van der Waals surface area contributed by atoms with Crippen molar-refractivity contribution in [2.24, 2.45) is 11.7 Å². The van der Waals surface area contributed by atoms with Crippen LogP contribution < -0.4 is 11.1 Å². The number of rotatable bonds is 5. The van der Waals surface area contributed by atoms with E-state index >= 15 is 0 Å². The maximum atomic E-state index is 6.19. The number of nitrogens with one attached hydrogen (secondary N) is 1. The summed E-state index contributed by atoms with van der Waals surface area (Å²) in [6.45, 7) is 2.85. The highest BCUT2D eigenvalue weighted by atomic mass is 35.5. The molecule has 4 heteroatoms. The lowest BCUT2D eigenvalue weighted by Crippen LogP contribution is -2.25. The van der Waals surface area contributed by atoms with Crippen LogP contribution in [-0.2, 0) is 0 Å². The van der Waals surface area contributed by atoms with E-state index in [4.69, 9.17) is 28.9 Å². The number of hydrogen-bond donors (Lipinski definition) is 2. The predicted molar refractivity (Wildman–Crippen MR) is 71.1 cm³/mol. The Morgan fingerprint density at radius 2 is 2.06 bits per heavy atom. The second-order valence-electron chi connectivity index (χ2n) is 3.99. The molecule has 0 heterocycles. The number of halogens is 2. The summed E-state index contributed by atoms with van der Waals surface area (Å²) < 4.78 is 0. The summed E-state index contributed by atoms with van der Waals surface area (Å²) >= 11 is 12.1. The van der Waals surface area contributed by atoms with E-state index in [9.17, 15) is 0 Å². The molecule has 0 saturated carbocycles. The number of benzene rings is 1. The first-order valence-electron chi connectivity index (χ1n) is 5.42. The van der Waals surface area contributed by atoms with Gasteiger partial charge in [-0.3, -0.25) is 0 Å². The molecule has 16 heavy (non-hydrogen) atoms. The Kier molecular flexibility index (Phi) is 5.56. The maximum Gasteiger partial charge on any atom is 0.0468 e. The van der Waals surface area contributed by atoms with Crippen molar-refractivity contribution in [1.29, 1.82) is 0 Å². The van der Waals surface area contributed by atoms with Gasteiger partial charge in [-0.15, -0.1) is 0 Å². The summed E-state index contributed by atoms with van der Waals surface area (Å²) in [5, 5.41) is 4.65. The highest BCUT2D eigenvalue weighted by Gasteiger charge is 2.19. The van der Waals surface area contributed by atoms with E-state index in [1.54, 1.807) is 6.07 Å². The van der Waals surface area contributed by atoms with Crippen LogP contribution in [-0.4, -0.2) is 13.6 Å². The van der Waals surface area contributed by atoms with Gasteiger partial charge < -0.3 is 11.1 Å². The molecule has 1 rings (SSSR count). The van der Waals surface area contributed by atoms with Gasteiger partial charge in [0.1, 0.15) is 0 Å². The molecule has 0 aromatic heterocycles. The number of hydrogen-bond acceptors (Lipinski definition) is 2. The van der Waals surface area contributed by atoms with Crippen molar-refractivity contribution in [3.63, 3.8) is 0 Å². The average molecular weight is 261 g/mol. The van der Waals surface area contributed by atoms with Crippen LogP contribution in [0.25, 0.3) is 0 Å². The minimum atomic E-state index is 0.216. The van der Waals surface area contributed by atoms with Crippen LogP contribution in [0.4, 0.5) is 0 Å². The van der Waals surface area contributed by atoms with Crippen molar-refractivity contribution in [1.82, 2.24) is 5.32 Å². The van der Waals surface area contributed by atoms with E-state index in [1.807, 2.05) is 19.2 Å². The molecule has 0 bridgehead atoms. The van der Waals surface area contributed by atoms with Crippen LogP contribution in [0.2, 0.25) is 10.0 Å². The van der Waals surface area contributed by atoms with Gasteiger partial charge in [-0.2, -0.15) is 0 Å². The molecule has 3 N–H and O–H groups in total. The van der Waals surface area contributed by atoms with Crippen molar-refractivity contribution < 1.29 is 0 Å². The minimum Gasteiger partial charge on any atom is -0.330 e. The second kappa shape index (κ2) is 6.45. The fourth-order valence-corrected chi connectivity index (χ4v) is 2.46. The molecule has 1 aromatic rings. The molecule has 0 aliphatic heterocycles.